The fraction of sp³-hybridized carbons (Fsp3) is 0.227. The number of allylic oxidation sites excluding steroid dienone is 5. The summed E-state index contributed by atoms with van der Waals surface area (Å²) in [5, 5.41) is 9.73. The second-order valence-corrected chi connectivity index (χ2v) is 6.49. The lowest BCUT2D eigenvalue weighted by Crippen LogP contribution is -2.04. The number of carboxylic acids is 1. The quantitative estimate of drug-likeness (QED) is 0.792. The number of hydrogen-bond acceptors (Lipinski definition) is 4. The Balaban J connectivity index is 1.88. The van der Waals surface area contributed by atoms with Gasteiger partial charge in [0.15, 0.2) is 11.3 Å². The third kappa shape index (κ3) is 3.82. The van der Waals surface area contributed by atoms with Crippen LogP contribution in [-0.2, 0) is 11.2 Å². The van der Waals surface area contributed by atoms with Crippen LogP contribution in [0.3, 0.4) is 0 Å². The SMILES string of the molecule is C=C1C=C(C)C(COc2ccc3c(CC(=O)O)coc3c2OC)=CC=C1C. The van der Waals surface area contributed by atoms with E-state index in [2.05, 4.69) is 6.58 Å². The monoisotopic (exact) mass is 366 g/mol. The Morgan fingerprint density at radius 3 is 2.70 bits per heavy atom. The van der Waals surface area contributed by atoms with Crippen molar-refractivity contribution < 1.29 is 23.8 Å². The standard InChI is InChI=1S/C22H22O5/c1-13-5-6-16(15(3)9-14(13)2)11-26-19-8-7-18-17(10-20(23)24)12-27-21(18)22(19)25-4/h5-9,12H,2,10-11H2,1,3-4H3,(H,23,24). The first-order valence-corrected chi connectivity index (χ1v) is 8.57. The molecule has 1 aromatic heterocycles. The average molecular weight is 366 g/mol. The number of benzene rings is 1. The Labute approximate surface area is 157 Å². The molecule has 0 saturated carbocycles. The molecule has 1 aliphatic carbocycles. The van der Waals surface area contributed by atoms with Crippen LogP contribution in [0.2, 0.25) is 0 Å². The second kappa shape index (κ2) is 7.58. The Hall–Kier alpha value is -3.21. The maximum absolute atomic E-state index is 11.0. The van der Waals surface area contributed by atoms with Gasteiger partial charge in [-0.05, 0) is 48.3 Å². The van der Waals surface area contributed by atoms with Crippen LogP contribution < -0.4 is 9.47 Å². The fourth-order valence-electron chi connectivity index (χ4n) is 2.96. The number of hydrogen-bond donors (Lipinski definition) is 1. The molecule has 0 spiro atoms. The highest BCUT2D eigenvalue weighted by atomic mass is 16.5. The highest BCUT2D eigenvalue weighted by Crippen LogP contribution is 2.38. The van der Waals surface area contributed by atoms with Gasteiger partial charge >= 0.3 is 5.97 Å². The minimum Gasteiger partial charge on any atom is -0.490 e. The number of ether oxygens (including phenoxy) is 2. The summed E-state index contributed by atoms with van der Waals surface area (Å²) in [7, 11) is 1.53. The minimum absolute atomic E-state index is 0.108. The van der Waals surface area contributed by atoms with Gasteiger partial charge in [0.05, 0.1) is 19.8 Å². The van der Waals surface area contributed by atoms with Crippen LogP contribution >= 0.6 is 0 Å². The molecule has 27 heavy (non-hydrogen) atoms. The van der Waals surface area contributed by atoms with Gasteiger partial charge in [0.2, 0.25) is 5.75 Å². The van der Waals surface area contributed by atoms with E-state index in [9.17, 15) is 4.79 Å². The van der Waals surface area contributed by atoms with E-state index in [-0.39, 0.29) is 6.42 Å². The number of carboxylic acid groups (broad SMARTS) is 1. The predicted molar refractivity (Wildman–Crippen MR) is 104 cm³/mol. The molecule has 3 rings (SSSR count). The molecule has 1 aromatic carbocycles. The van der Waals surface area contributed by atoms with Crippen LogP contribution in [0.25, 0.3) is 11.0 Å². The van der Waals surface area contributed by atoms with Crippen molar-refractivity contribution in [3.63, 3.8) is 0 Å². The number of furan rings is 1. The van der Waals surface area contributed by atoms with Crippen LogP contribution in [0.4, 0.5) is 0 Å². The summed E-state index contributed by atoms with van der Waals surface area (Å²) >= 11 is 0. The third-order valence-corrected chi connectivity index (χ3v) is 4.61. The molecule has 0 radical (unpaired) electrons. The van der Waals surface area contributed by atoms with Gasteiger partial charge in [-0.2, -0.15) is 0 Å². The zero-order valence-corrected chi connectivity index (χ0v) is 15.7. The van der Waals surface area contributed by atoms with Gasteiger partial charge in [0.1, 0.15) is 6.61 Å². The molecule has 0 fully saturated rings. The summed E-state index contributed by atoms with van der Waals surface area (Å²) in [5.41, 5.74) is 5.32. The van der Waals surface area contributed by atoms with Crippen molar-refractivity contribution >= 4 is 16.9 Å². The van der Waals surface area contributed by atoms with E-state index in [0.29, 0.717) is 34.6 Å². The van der Waals surface area contributed by atoms with Crippen molar-refractivity contribution in [1.82, 2.24) is 0 Å². The van der Waals surface area contributed by atoms with E-state index < -0.39 is 5.97 Å². The van der Waals surface area contributed by atoms with E-state index in [1.807, 2.05) is 32.1 Å². The molecule has 5 heteroatoms. The summed E-state index contributed by atoms with van der Waals surface area (Å²) in [6, 6.07) is 3.57. The smallest absolute Gasteiger partial charge is 0.307 e. The van der Waals surface area contributed by atoms with Gasteiger partial charge in [0.25, 0.3) is 0 Å². The number of rotatable bonds is 6. The molecule has 2 aromatic rings. The second-order valence-electron chi connectivity index (χ2n) is 6.49. The summed E-state index contributed by atoms with van der Waals surface area (Å²) in [4.78, 5) is 11.0. The lowest BCUT2D eigenvalue weighted by molar-refractivity contribution is -0.136. The molecule has 0 saturated heterocycles. The summed E-state index contributed by atoms with van der Waals surface area (Å²) in [6.07, 6.45) is 7.44. The molecule has 0 bridgehead atoms. The molecular formula is C22H22O5. The van der Waals surface area contributed by atoms with Crippen molar-refractivity contribution in [3.8, 4) is 11.5 Å². The first-order chi connectivity index (χ1) is 12.9. The topological polar surface area (TPSA) is 68.9 Å². The van der Waals surface area contributed by atoms with Crippen LogP contribution in [0.5, 0.6) is 11.5 Å². The largest absolute Gasteiger partial charge is 0.490 e. The first-order valence-electron chi connectivity index (χ1n) is 8.57. The van der Waals surface area contributed by atoms with Crippen molar-refractivity contribution in [1.29, 1.82) is 0 Å². The maximum atomic E-state index is 11.0. The first kappa shape index (κ1) is 18.6. The maximum Gasteiger partial charge on any atom is 0.307 e. The number of methoxy groups -OCH3 is 1. The van der Waals surface area contributed by atoms with Crippen LogP contribution in [-0.4, -0.2) is 24.8 Å². The molecule has 1 heterocycles. The van der Waals surface area contributed by atoms with Gasteiger partial charge < -0.3 is 19.0 Å². The van der Waals surface area contributed by atoms with Crippen molar-refractivity contribution in [2.45, 2.75) is 20.3 Å². The summed E-state index contributed by atoms with van der Waals surface area (Å²) in [6.45, 7) is 8.46. The fourth-order valence-corrected chi connectivity index (χ4v) is 2.96. The number of carbonyl (C=O) groups is 1. The number of aliphatic carboxylic acids is 1. The molecule has 1 N–H and O–H groups in total. The van der Waals surface area contributed by atoms with E-state index in [0.717, 1.165) is 22.3 Å². The zero-order chi connectivity index (χ0) is 19.6. The van der Waals surface area contributed by atoms with Crippen molar-refractivity contribution in [2.75, 3.05) is 13.7 Å². The van der Waals surface area contributed by atoms with Crippen molar-refractivity contribution in [2.24, 2.45) is 0 Å². The summed E-state index contributed by atoms with van der Waals surface area (Å²) in [5.74, 6) is 0.0827. The van der Waals surface area contributed by atoms with E-state index in [1.54, 1.807) is 12.1 Å². The Morgan fingerprint density at radius 1 is 1.22 bits per heavy atom. The van der Waals surface area contributed by atoms with Crippen LogP contribution in [0.1, 0.15) is 19.4 Å². The highest BCUT2D eigenvalue weighted by molar-refractivity contribution is 5.91. The minimum atomic E-state index is -0.913. The van der Waals surface area contributed by atoms with E-state index in [1.165, 1.54) is 13.4 Å². The molecule has 0 unspecified atom stereocenters. The van der Waals surface area contributed by atoms with E-state index in [4.69, 9.17) is 19.0 Å². The van der Waals surface area contributed by atoms with E-state index >= 15 is 0 Å². The number of fused-ring (bicyclic) bond motifs is 1. The molecule has 0 amide bonds. The lowest BCUT2D eigenvalue weighted by Gasteiger charge is -2.13. The van der Waals surface area contributed by atoms with Gasteiger partial charge in [-0.3, -0.25) is 4.79 Å². The summed E-state index contributed by atoms with van der Waals surface area (Å²) < 4.78 is 17.0. The van der Waals surface area contributed by atoms with Gasteiger partial charge in [0, 0.05) is 10.9 Å². The zero-order valence-electron chi connectivity index (χ0n) is 15.7. The highest BCUT2D eigenvalue weighted by Gasteiger charge is 2.18. The van der Waals surface area contributed by atoms with Gasteiger partial charge in [-0.15, -0.1) is 0 Å². The van der Waals surface area contributed by atoms with Crippen LogP contribution in [0.15, 0.2) is 69.9 Å². The molecule has 140 valence electrons. The Morgan fingerprint density at radius 2 is 2.00 bits per heavy atom. The average Bonchev–Trinajstić information content (AvgIpc) is 2.97. The third-order valence-electron chi connectivity index (χ3n) is 4.61. The predicted octanol–water partition coefficient (Wildman–Crippen LogP) is 4.84. The molecule has 5 nitrogen and oxygen atoms in total. The van der Waals surface area contributed by atoms with Crippen LogP contribution in [0, 0.1) is 0 Å². The Kier molecular flexibility index (Phi) is 5.21. The normalized spacial score (nSPS) is 14.3. The molecule has 0 atom stereocenters. The molecule has 1 aliphatic rings. The molecular weight excluding hydrogens is 344 g/mol. The van der Waals surface area contributed by atoms with Gasteiger partial charge in [-0.25, -0.2) is 0 Å². The van der Waals surface area contributed by atoms with Crippen molar-refractivity contribution in [3.05, 3.63) is 71.1 Å². The lowest BCUT2D eigenvalue weighted by atomic mass is 10.1. The van der Waals surface area contributed by atoms with Gasteiger partial charge in [-0.1, -0.05) is 24.8 Å². The molecule has 0 aliphatic heterocycles. The Bertz CT molecular complexity index is 1000.